The first-order valence-electron chi connectivity index (χ1n) is 6.95. The zero-order valence-corrected chi connectivity index (χ0v) is 13.1. The highest BCUT2D eigenvalue weighted by atomic mass is 35.5. The Morgan fingerprint density at radius 2 is 1.64 bits per heavy atom. The molecule has 0 amide bonds. The topological polar surface area (TPSA) is 56.2 Å². The lowest BCUT2D eigenvalue weighted by Crippen LogP contribution is -1.87. The van der Waals surface area contributed by atoms with Gasteiger partial charge in [0.1, 0.15) is 5.75 Å². The Balaban J connectivity index is 2.19. The SMILES string of the molecule is Cc1cc(-c2c(O)[nH]c(C)c2O)c(Cl)cc1-c1ccccc1. The summed E-state index contributed by atoms with van der Waals surface area (Å²) in [7, 11) is 0. The van der Waals surface area contributed by atoms with Crippen molar-refractivity contribution < 1.29 is 10.2 Å². The number of hydrogen-bond acceptors (Lipinski definition) is 2. The summed E-state index contributed by atoms with van der Waals surface area (Å²) in [5.41, 5.74) is 4.58. The van der Waals surface area contributed by atoms with Crippen molar-refractivity contribution in [2.24, 2.45) is 0 Å². The molecule has 3 aromatic rings. The molecule has 0 aliphatic carbocycles. The minimum atomic E-state index is -0.0799. The van der Waals surface area contributed by atoms with Crippen LogP contribution in [0.4, 0.5) is 0 Å². The molecule has 0 aliphatic rings. The maximum atomic E-state index is 10.1. The van der Waals surface area contributed by atoms with E-state index in [1.807, 2.05) is 49.4 Å². The third kappa shape index (κ3) is 2.34. The first-order chi connectivity index (χ1) is 10.5. The molecule has 0 atom stereocenters. The molecule has 22 heavy (non-hydrogen) atoms. The van der Waals surface area contributed by atoms with Crippen LogP contribution in [0.1, 0.15) is 11.3 Å². The molecule has 0 aliphatic heterocycles. The number of benzene rings is 2. The molecule has 1 aromatic heterocycles. The Hall–Kier alpha value is -2.39. The number of H-pyrrole nitrogens is 1. The number of aryl methyl sites for hydroxylation is 2. The van der Waals surface area contributed by atoms with Crippen LogP contribution in [-0.4, -0.2) is 15.2 Å². The smallest absolute Gasteiger partial charge is 0.200 e. The van der Waals surface area contributed by atoms with Gasteiger partial charge in [0, 0.05) is 10.6 Å². The fraction of sp³-hybridized carbons (Fsp3) is 0.111. The highest BCUT2D eigenvalue weighted by Crippen LogP contribution is 2.44. The normalized spacial score (nSPS) is 10.9. The maximum absolute atomic E-state index is 10.1. The molecule has 1 heterocycles. The number of aromatic hydroxyl groups is 2. The first kappa shape index (κ1) is 14.5. The Bertz CT molecular complexity index is 838. The van der Waals surface area contributed by atoms with E-state index in [4.69, 9.17) is 11.6 Å². The molecule has 4 heteroatoms. The molecule has 0 saturated carbocycles. The summed E-state index contributed by atoms with van der Waals surface area (Å²) in [5.74, 6) is -0.0602. The van der Waals surface area contributed by atoms with Crippen molar-refractivity contribution in [3.63, 3.8) is 0 Å². The van der Waals surface area contributed by atoms with E-state index < -0.39 is 0 Å². The molecule has 3 N–H and O–H groups in total. The minimum absolute atomic E-state index is 0.0197. The van der Waals surface area contributed by atoms with Crippen LogP contribution < -0.4 is 0 Å². The number of hydrogen-bond donors (Lipinski definition) is 3. The standard InChI is InChI=1S/C18H16ClNO2/c1-10-8-14(16-17(21)11(2)20-18(16)22)15(19)9-13(10)12-6-4-3-5-7-12/h3-9,20-22H,1-2H3. The van der Waals surface area contributed by atoms with Crippen LogP contribution in [0.25, 0.3) is 22.3 Å². The number of aromatic amines is 1. The van der Waals surface area contributed by atoms with E-state index in [2.05, 4.69) is 4.98 Å². The van der Waals surface area contributed by atoms with Crippen molar-refractivity contribution >= 4 is 11.6 Å². The summed E-state index contributed by atoms with van der Waals surface area (Å²) >= 11 is 6.40. The van der Waals surface area contributed by atoms with Gasteiger partial charge in [0.25, 0.3) is 0 Å². The fourth-order valence-corrected chi connectivity index (χ4v) is 2.91. The third-order valence-corrected chi connectivity index (χ3v) is 4.12. The average Bonchev–Trinajstić information content (AvgIpc) is 2.75. The van der Waals surface area contributed by atoms with E-state index in [9.17, 15) is 10.2 Å². The lowest BCUT2D eigenvalue weighted by molar-refractivity contribution is 0.455. The van der Waals surface area contributed by atoms with Gasteiger partial charge in [0.05, 0.1) is 11.3 Å². The average molecular weight is 314 g/mol. The van der Waals surface area contributed by atoms with Crippen molar-refractivity contribution in [3.05, 3.63) is 58.7 Å². The van der Waals surface area contributed by atoms with Crippen LogP contribution in [0, 0.1) is 13.8 Å². The highest BCUT2D eigenvalue weighted by Gasteiger charge is 2.19. The molecular formula is C18H16ClNO2. The molecule has 0 bridgehead atoms. The second-order valence-electron chi connectivity index (χ2n) is 5.34. The van der Waals surface area contributed by atoms with Gasteiger partial charge >= 0.3 is 0 Å². The second kappa shape index (κ2) is 5.43. The Labute approximate surface area is 133 Å². The van der Waals surface area contributed by atoms with Crippen molar-refractivity contribution in [3.8, 4) is 33.9 Å². The van der Waals surface area contributed by atoms with E-state index in [1.165, 1.54) is 0 Å². The highest BCUT2D eigenvalue weighted by molar-refractivity contribution is 6.34. The predicted octanol–water partition coefficient (Wildman–Crippen LogP) is 5.03. The molecule has 2 aromatic carbocycles. The van der Waals surface area contributed by atoms with Crippen LogP contribution in [0.5, 0.6) is 11.6 Å². The van der Waals surface area contributed by atoms with E-state index in [1.54, 1.807) is 6.92 Å². The van der Waals surface area contributed by atoms with Crippen molar-refractivity contribution in [2.75, 3.05) is 0 Å². The first-order valence-corrected chi connectivity index (χ1v) is 7.33. The van der Waals surface area contributed by atoms with Gasteiger partial charge in [-0.15, -0.1) is 0 Å². The maximum Gasteiger partial charge on any atom is 0.200 e. The summed E-state index contributed by atoms with van der Waals surface area (Å²) in [6, 6.07) is 13.7. The van der Waals surface area contributed by atoms with Gasteiger partial charge in [0.2, 0.25) is 5.88 Å². The molecule has 0 spiro atoms. The summed E-state index contributed by atoms with van der Waals surface area (Å²) in [5, 5.41) is 20.6. The summed E-state index contributed by atoms with van der Waals surface area (Å²) in [6.45, 7) is 3.67. The third-order valence-electron chi connectivity index (χ3n) is 3.80. The van der Waals surface area contributed by atoms with Gasteiger partial charge in [-0.05, 0) is 42.7 Å². The number of rotatable bonds is 2. The van der Waals surface area contributed by atoms with Crippen LogP contribution in [-0.2, 0) is 0 Å². The van der Waals surface area contributed by atoms with Gasteiger partial charge in [-0.25, -0.2) is 0 Å². The van der Waals surface area contributed by atoms with Crippen LogP contribution in [0.2, 0.25) is 5.02 Å². The molecular weight excluding hydrogens is 298 g/mol. The van der Waals surface area contributed by atoms with Gasteiger partial charge in [0.15, 0.2) is 0 Å². The van der Waals surface area contributed by atoms with Crippen LogP contribution >= 0.6 is 11.6 Å². The molecule has 0 saturated heterocycles. The van der Waals surface area contributed by atoms with Crippen LogP contribution in [0.15, 0.2) is 42.5 Å². The zero-order chi connectivity index (χ0) is 15.9. The molecule has 0 fully saturated rings. The Morgan fingerprint density at radius 1 is 0.955 bits per heavy atom. The second-order valence-corrected chi connectivity index (χ2v) is 5.74. The monoisotopic (exact) mass is 313 g/mol. The van der Waals surface area contributed by atoms with Crippen molar-refractivity contribution in [1.29, 1.82) is 0 Å². The molecule has 0 radical (unpaired) electrons. The van der Waals surface area contributed by atoms with Crippen LogP contribution in [0.3, 0.4) is 0 Å². The Morgan fingerprint density at radius 3 is 2.23 bits per heavy atom. The quantitative estimate of drug-likeness (QED) is 0.621. The number of nitrogens with one attached hydrogen (secondary N) is 1. The lowest BCUT2D eigenvalue weighted by atomic mass is 9.96. The van der Waals surface area contributed by atoms with E-state index in [0.717, 1.165) is 16.7 Å². The van der Waals surface area contributed by atoms with E-state index in [0.29, 0.717) is 21.8 Å². The Kier molecular flexibility index (Phi) is 3.59. The molecule has 0 unspecified atom stereocenters. The molecule has 3 rings (SSSR count). The summed E-state index contributed by atoms with van der Waals surface area (Å²) < 4.78 is 0. The summed E-state index contributed by atoms with van der Waals surface area (Å²) in [4.78, 5) is 2.71. The minimum Gasteiger partial charge on any atom is -0.505 e. The van der Waals surface area contributed by atoms with Crippen molar-refractivity contribution in [1.82, 2.24) is 4.98 Å². The fourth-order valence-electron chi connectivity index (χ4n) is 2.66. The van der Waals surface area contributed by atoms with Gasteiger partial charge in [-0.2, -0.15) is 0 Å². The van der Waals surface area contributed by atoms with Crippen molar-refractivity contribution in [2.45, 2.75) is 13.8 Å². The number of aromatic nitrogens is 1. The van der Waals surface area contributed by atoms with Gasteiger partial charge < -0.3 is 15.2 Å². The lowest BCUT2D eigenvalue weighted by Gasteiger charge is -2.11. The van der Waals surface area contributed by atoms with Gasteiger partial charge in [-0.3, -0.25) is 0 Å². The predicted molar refractivity (Wildman–Crippen MR) is 89.5 cm³/mol. The summed E-state index contributed by atoms with van der Waals surface area (Å²) in [6.07, 6.45) is 0. The molecule has 112 valence electrons. The largest absolute Gasteiger partial charge is 0.505 e. The van der Waals surface area contributed by atoms with Gasteiger partial charge in [-0.1, -0.05) is 41.9 Å². The van der Waals surface area contributed by atoms with E-state index >= 15 is 0 Å². The molecule has 3 nitrogen and oxygen atoms in total. The zero-order valence-electron chi connectivity index (χ0n) is 12.3. The van der Waals surface area contributed by atoms with E-state index in [-0.39, 0.29) is 11.6 Å². The number of halogens is 1.